The summed E-state index contributed by atoms with van der Waals surface area (Å²) < 4.78 is 59.9. The molecule has 9 aliphatic rings. The predicted molar refractivity (Wildman–Crippen MR) is 250 cm³/mol. The molecule has 9 rings (SSSR count). The van der Waals surface area contributed by atoms with E-state index in [1.165, 1.54) is 0 Å². The number of carbonyl (C=O) groups is 1. The Hall–Kier alpha value is -1.79. The van der Waals surface area contributed by atoms with Crippen LogP contribution in [-0.2, 0) is 52.2 Å². The topological polar surface area (TPSA) is 433 Å². The minimum Gasteiger partial charge on any atom is -0.432 e. The molecule has 442 valence electrons. The van der Waals surface area contributed by atoms with Crippen LogP contribution < -0.4 is 0 Å². The number of fused-ring (bicyclic) bond motifs is 3. The van der Waals surface area contributed by atoms with E-state index in [9.17, 15) is 86.5 Å². The fourth-order valence-electron chi connectivity index (χ4n) is 14.8. The summed E-state index contributed by atoms with van der Waals surface area (Å²) in [5.74, 6) is -1.06. The molecule has 4 saturated carbocycles. The van der Waals surface area contributed by atoms with Crippen LogP contribution in [0.5, 0.6) is 0 Å². The summed E-state index contributed by atoms with van der Waals surface area (Å²) in [4.78, 5) is 14.9. The molecule has 0 radical (unpaired) electrons. The summed E-state index contributed by atoms with van der Waals surface area (Å²) in [6, 6.07) is 0. The van der Waals surface area contributed by atoms with E-state index >= 15 is 0 Å². The molecular formula is C50H80O27. The summed E-state index contributed by atoms with van der Waals surface area (Å²) in [5, 5.41) is 169. The van der Waals surface area contributed by atoms with Gasteiger partial charge in [0.2, 0.25) is 6.29 Å². The quantitative estimate of drug-likeness (QED) is 0.0412. The normalized spacial score (nSPS) is 54.1. The Morgan fingerprint density at radius 2 is 1.05 bits per heavy atom. The number of carbonyl (C=O) groups excluding carboxylic acids is 1. The average Bonchev–Trinajstić information content (AvgIpc) is 3.63. The van der Waals surface area contributed by atoms with Gasteiger partial charge < -0.3 is 129 Å². The molecule has 30 atom stereocenters. The minimum atomic E-state index is -1.92. The van der Waals surface area contributed by atoms with Gasteiger partial charge in [-0.05, 0) is 86.5 Å². The molecule has 5 saturated heterocycles. The van der Waals surface area contributed by atoms with Crippen LogP contribution in [0.2, 0.25) is 0 Å². The van der Waals surface area contributed by atoms with Crippen molar-refractivity contribution < 1.29 is 134 Å². The van der Waals surface area contributed by atoms with Crippen molar-refractivity contribution in [3.05, 3.63) is 12.2 Å². The largest absolute Gasteiger partial charge is 0.432 e. The van der Waals surface area contributed by atoms with Crippen molar-refractivity contribution in [1.82, 2.24) is 0 Å². The van der Waals surface area contributed by atoms with Gasteiger partial charge in [0.05, 0.1) is 50.2 Å². The highest BCUT2D eigenvalue weighted by Gasteiger charge is 2.70. The lowest BCUT2D eigenvalue weighted by Gasteiger charge is -2.64. The molecule has 2 bridgehead atoms. The molecule has 27 heteroatoms. The molecule has 1 spiro atoms. The second kappa shape index (κ2) is 23.1. The Bertz CT molecular complexity index is 2040. The molecule has 5 aliphatic heterocycles. The van der Waals surface area contributed by atoms with Crippen molar-refractivity contribution in [3.8, 4) is 0 Å². The van der Waals surface area contributed by atoms with Crippen molar-refractivity contribution in [2.24, 2.45) is 28.1 Å². The SMILES string of the molecule is C=C1C[C@@]23CCC4[C@](C)(C(=O)OC5OC(CO)C(O)C(O)C5OC5OC(CO)C(O)C(O)C5O)CCC[C@@]4(C)[C@@H]2CCC1(OC1OC(COC2CC(O)C(O)C(CO)O2)C(O)C(O)C1OC1OC(CO)C(O)C(O)C1O)C3. The Balaban J connectivity index is 0.938. The maximum absolute atomic E-state index is 14.9. The van der Waals surface area contributed by atoms with E-state index < -0.39 is 208 Å². The lowest BCUT2D eigenvalue weighted by atomic mass is 9.41. The summed E-state index contributed by atoms with van der Waals surface area (Å²) in [5.41, 5.74) is -2.59. The van der Waals surface area contributed by atoms with E-state index in [0.29, 0.717) is 56.9 Å². The Morgan fingerprint density at radius 1 is 0.558 bits per heavy atom. The number of ether oxygens (including phenoxy) is 10. The Morgan fingerprint density at radius 3 is 1.62 bits per heavy atom. The summed E-state index contributed by atoms with van der Waals surface area (Å²) in [7, 11) is 0. The minimum absolute atomic E-state index is 0.0322. The second-order valence-corrected chi connectivity index (χ2v) is 23.5. The van der Waals surface area contributed by atoms with E-state index in [1.54, 1.807) is 6.92 Å². The van der Waals surface area contributed by atoms with Gasteiger partial charge in [0, 0.05) is 6.42 Å². The molecule has 0 aromatic heterocycles. The van der Waals surface area contributed by atoms with Gasteiger partial charge in [-0.15, -0.1) is 0 Å². The van der Waals surface area contributed by atoms with Gasteiger partial charge in [-0.2, -0.15) is 0 Å². The molecule has 77 heavy (non-hydrogen) atoms. The van der Waals surface area contributed by atoms with Crippen LogP contribution in [0.15, 0.2) is 12.2 Å². The first-order valence-electron chi connectivity index (χ1n) is 26.8. The smallest absolute Gasteiger partial charge is 0.314 e. The van der Waals surface area contributed by atoms with Crippen molar-refractivity contribution in [3.63, 3.8) is 0 Å². The maximum Gasteiger partial charge on any atom is 0.314 e. The van der Waals surface area contributed by atoms with E-state index in [2.05, 4.69) is 13.5 Å². The summed E-state index contributed by atoms with van der Waals surface area (Å²) in [6.07, 6.45) is -35.0. The van der Waals surface area contributed by atoms with Gasteiger partial charge in [0.15, 0.2) is 31.3 Å². The van der Waals surface area contributed by atoms with Crippen molar-refractivity contribution >= 4 is 5.97 Å². The van der Waals surface area contributed by atoms with E-state index in [4.69, 9.17) is 47.4 Å². The third kappa shape index (κ3) is 10.6. The monoisotopic (exact) mass is 1110 g/mol. The zero-order chi connectivity index (χ0) is 55.8. The first kappa shape index (κ1) is 59.8. The van der Waals surface area contributed by atoms with Gasteiger partial charge in [-0.25, -0.2) is 0 Å². The number of aliphatic hydroxyl groups is 16. The average molecular weight is 1110 g/mol. The molecule has 9 fully saturated rings. The lowest BCUT2D eigenvalue weighted by molar-refractivity contribution is -0.381. The number of rotatable bonds is 15. The maximum atomic E-state index is 14.9. The van der Waals surface area contributed by atoms with Crippen LogP contribution in [0.4, 0.5) is 0 Å². The van der Waals surface area contributed by atoms with Crippen molar-refractivity contribution in [2.45, 2.75) is 231 Å². The summed E-state index contributed by atoms with van der Waals surface area (Å²) in [6.45, 7) is 5.00. The zero-order valence-corrected chi connectivity index (χ0v) is 43.0. The van der Waals surface area contributed by atoms with Crippen LogP contribution in [0.25, 0.3) is 0 Å². The van der Waals surface area contributed by atoms with Crippen molar-refractivity contribution in [2.75, 3.05) is 33.0 Å². The highest BCUT2D eigenvalue weighted by molar-refractivity contribution is 5.77. The van der Waals surface area contributed by atoms with Gasteiger partial charge in [0.25, 0.3) is 0 Å². The molecule has 16 N–H and O–H groups in total. The fraction of sp³-hybridized carbons (Fsp3) is 0.940. The number of esters is 1. The number of hydrogen-bond donors (Lipinski definition) is 16. The molecule has 4 aliphatic carbocycles. The third-order valence-corrected chi connectivity index (χ3v) is 19.1. The molecule has 0 aromatic carbocycles. The number of hydrogen-bond acceptors (Lipinski definition) is 27. The number of aliphatic hydroxyl groups excluding tert-OH is 16. The van der Waals surface area contributed by atoms with Crippen LogP contribution in [0, 0.1) is 28.1 Å². The predicted octanol–water partition coefficient (Wildman–Crippen LogP) is -6.26. The molecule has 27 nitrogen and oxygen atoms in total. The van der Waals surface area contributed by atoms with E-state index in [1.807, 2.05) is 0 Å². The van der Waals surface area contributed by atoms with Crippen LogP contribution >= 0.6 is 0 Å². The highest BCUT2D eigenvalue weighted by atomic mass is 16.8. The standard InChI is InChI=1S/C50H80O27/c1-19-12-49-9-5-26-47(2,7-4-8-48(26,3)46(67)76-44-40(36(63)32(59)24(16-54)72-44)74-42-38(65)34(61)30(57)22(14-52)70-42)27(49)6-10-50(19,18-49)77-45-41(75-43-39(66)35(62)31(58)23(15-53)71-43)37(64)33(60)25(73-45)17-68-28-11-20(55)29(56)21(13-51)69-28/h20-45,51-66H,1,4-18H2,2-3H3/t20?,21?,22?,23?,24?,25?,26?,27-,28?,29?,30?,31?,32?,33?,34?,35?,36?,37?,38?,39?,40?,41?,42?,43?,44?,45?,47+,48+,49+,50?/m0/s1. The molecular weight excluding hydrogens is 1030 g/mol. The van der Waals surface area contributed by atoms with Gasteiger partial charge in [0.1, 0.15) is 104 Å². The first-order chi connectivity index (χ1) is 36.4. The fourth-order valence-corrected chi connectivity index (χ4v) is 14.8. The lowest BCUT2D eigenvalue weighted by Crippen LogP contribution is -2.66. The molecule has 5 heterocycles. The Labute approximate surface area is 443 Å². The van der Waals surface area contributed by atoms with Crippen LogP contribution in [0.1, 0.15) is 78.1 Å². The van der Waals surface area contributed by atoms with Gasteiger partial charge in [-0.1, -0.05) is 19.9 Å². The molecule has 0 aromatic rings. The third-order valence-electron chi connectivity index (χ3n) is 19.1. The highest BCUT2D eigenvalue weighted by Crippen LogP contribution is 2.74. The molecule has 26 unspecified atom stereocenters. The summed E-state index contributed by atoms with van der Waals surface area (Å²) >= 11 is 0. The Kier molecular flexibility index (Phi) is 17.9. The van der Waals surface area contributed by atoms with Crippen LogP contribution in [0.3, 0.4) is 0 Å². The molecule has 0 amide bonds. The van der Waals surface area contributed by atoms with E-state index in [-0.39, 0.29) is 18.3 Å². The van der Waals surface area contributed by atoms with E-state index in [0.717, 1.165) is 6.42 Å². The first-order valence-corrected chi connectivity index (χ1v) is 26.8. The van der Waals surface area contributed by atoms with Gasteiger partial charge in [-0.3, -0.25) is 4.79 Å². The van der Waals surface area contributed by atoms with Crippen molar-refractivity contribution in [1.29, 1.82) is 0 Å². The van der Waals surface area contributed by atoms with Gasteiger partial charge >= 0.3 is 5.97 Å². The van der Waals surface area contributed by atoms with Crippen LogP contribution in [-0.4, -0.2) is 274 Å². The second-order valence-electron chi connectivity index (χ2n) is 23.5. The zero-order valence-electron chi connectivity index (χ0n) is 43.0.